The molecule has 1 amide bonds. The molecule has 2 aromatic heterocycles. The van der Waals surface area contributed by atoms with Gasteiger partial charge in [-0.25, -0.2) is 14.5 Å². The number of esters is 1. The van der Waals surface area contributed by atoms with Crippen molar-refractivity contribution >= 4 is 29.2 Å². The molecule has 0 radical (unpaired) electrons. The van der Waals surface area contributed by atoms with Gasteiger partial charge in [0.25, 0.3) is 5.91 Å². The second kappa shape index (κ2) is 8.67. The summed E-state index contributed by atoms with van der Waals surface area (Å²) >= 11 is 6.16. The van der Waals surface area contributed by atoms with Crippen LogP contribution in [0.4, 0.5) is 5.69 Å². The molecule has 30 heavy (non-hydrogen) atoms. The fourth-order valence-electron chi connectivity index (χ4n) is 3.06. The Morgan fingerprint density at radius 1 is 1.10 bits per heavy atom. The molecule has 2 heterocycles. The van der Waals surface area contributed by atoms with Gasteiger partial charge in [-0.15, -0.1) is 0 Å². The molecule has 0 aliphatic rings. The number of hydrogen-bond donors (Lipinski definition) is 1. The van der Waals surface area contributed by atoms with E-state index in [4.69, 9.17) is 16.3 Å². The molecule has 0 spiro atoms. The fourth-order valence-corrected chi connectivity index (χ4v) is 3.24. The van der Waals surface area contributed by atoms with Crippen LogP contribution in [0.1, 0.15) is 39.9 Å². The first-order valence-electron chi connectivity index (χ1n) is 9.45. The van der Waals surface area contributed by atoms with E-state index in [2.05, 4.69) is 15.4 Å². The number of hydrogen-bond acceptors (Lipinski definition) is 5. The first-order chi connectivity index (χ1) is 14.2. The minimum atomic E-state index is -1.04. The van der Waals surface area contributed by atoms with E-state index in [9.17, 15) is 9.59 Å². The number of carbonyl (C=O) groups excluding carboxylic acids is 2. The average Bonchev–Trinajstić information content (AvgIpc) is 3.03. The highest BCUT2D eigenvalue weighted by molar-refractivity contribution is 6.33. The minimum absolute atomic E-state index is 0.0755. The molecular weight excluding hydrogens is 404 g/mol. The van der Waals surface area contributed by atoms with Crippen molar-refractivity contribution in [1.29, 1.82) is 0 Å². The topological polar surface area (TPSA) is 86.1 Å². The van der Waals surface area contributed by atoms with E-state index in [1.54, 1.807) is 16.8 Å². The zero-order valence-corrected chi connectivity index (χ0v) is 18.2. The van der Waals surface area contributed by atoms with E-state index >= 15 is 0 Å². The van der Waals surface area contributed by atoms with E-state index in [1.165, 1.54) is 6.92 Å². The Morgan fingerprint density at radius 3 is 2.37 bits per heavy atom. The smallest absolute Gasteiger partial charge is 0.359 e. The number of carbonyl (C=O) groups is 2. The van der Waals surface area contributed by atoms with E-state index in [0.717, 1.165) is 22.5 Å². The van der Waals surface area contributed by atoms with Crippen molar-refractivity contribution in [1.82, 2.24) is 14.8 Å². The Bertz CT molecular complexity index is 1100. The van der Waals surface area contributed by atoms with Crippen LogP contribution in [-0.4, -0.2) is 32.7 Å². The Kier molecular flexibility index (Phi) is 6.22. The summed E-state index contributed by atoms with van der Waals surface area (Å²) in [4.78, 5) is 29.5. The van der Waals surface area contributed by atoms with Gasteiger partial charge in [0.1, 0.15) is 0 Å². The van der Waals surface area contributed by atoms with Crippen LogP contribution in [-0.2, 0) is 9.53 Å². The molecule has 3 rings (SSSR count). The lowest BCUT2D eigenvalue weighted by atomic mass is 10.1. The number of aromatic nitrogens is 3. The molecule has 0 fully saturated rings. The molecule has 0 aliphatic carbocycles. The van der Waals surface area contributed by atoms with Gasteiger partial charge in [0.05, 0.1) is 10.7 Å². The van der Waals surface area contributed by atoms with Gasteiger partial charge < -0.3 is 10.1 Å². The highest BCUT2D eigenvalue weighted by Crippen LogP contribution is 2.21. The molecule has 7 nitrogen and oxygen atoms in total. The molecule has 1 atom stereocenters. The number of anilines is 1. The van der Waals surface area contributed by atoms with Crippen LogP contribution in [0.15, 0.2) is 36.4 Å². The van der Waals surface area contributed by atoms with Gasteiger partial charge in [-0.2, -0.15) is 5.10 Å². The van der Waals surface area contributed by atoms with Gasteiger partial charge in [-0.1, -0.05) is 29.8 Å². The Labute approximate surface area is 180 Å². The van der Waals surface area contributed by atoms with Crippen LogP contribution in [0.25, 0.3) is 5.82 Å². The van der Waals surface area contributed by atoms with Crippen LogP contribution >= 0.6 is 11.6 Å². The van der Waals surface area contributed by atoms with Gasteiger partial charge in [0.2, 0.25) is 0 Å². The predicted molar refractivity (Wildman–Crippen MR) is 115 cm³/mol. The summed E-state index contributed by atoms with van der Waals surface area (Å²) in [6.45, 7) is 9.04. The second-order valence-electron chi connectivity index (χ2n) is 7.14. The minimum Gasteiger partial charge on any atom is -0.448 e. The summed E-state index contributed by atoms with van der Waals surface area (Å²) in [6.07, 6.45) is -1.04. The van der Waals surface area contributed by atoms with Crippen LogP contribution in [0, 0.1) is 27.7 Å². The molecule has 0 bridgehead atoms. The zero-order valence-electron chi connectivity index (χ0n) is 17.5. The van der Waals surface area contributed by atoms with E-state index in [-0.39, 0.29) is 10.7 Å². The quantitative estimate of drug-likeness (QED) is 0.613. The number of amides is 1. The molecular formula is C22H23ClN4O3. The van der Waals surface area contributed by atoms with Gasteiger partial charge in [0, 0.05) is 11.4 Å². The van der Waals surface area contributed by atoms with E-state index < -0.39 is 18.0 Å². The lowest BCUT2D eigenvalue weighted by Gasteiger charge is -2.16. The number of pyridine rings is 1. The van der Waals surface area contributed by atoms with E-state index in [1.807, 2.05) is 52.0 Å². The largest absolute Gasteiger partial charge is 0.448 e. The lowest BCUT2D eigenvalue weighted by molar-refractivity contribution is -0.123. The van der Waals surface area contributed by atoms with Gasteiger partial charge >= 0.3 is 5.97 Å². The van der Waals surface area contributed by atoms with E-state index in [0.29, 0.717) is 11.5 Å². The van der Waals surface area contributed by atoms with Gasteiger partial charge in [0.15, 0.2) is 17.6 Å². The van der Waals surface area contributed by atoms with Crippen molar-refractivity contribution in [3.63, 3.8) is 0 Å². The number of ether oxygens (including phenoxy) is 1. The number of para-hydroxylation sites is 1. The number of benzene rings is 1. The first kappa shape index (κ1) is 21.5. The van der Waals surface area contributed by atoms with Crippen LogP contribution < -0.4 is 5.32 Å². The van der Waals surface area contributed by atoms with Crippen molar-refractivity contribution in [2.24, 2.45) is 0 Å². The summed E-state index contributed by atoms with van der Waals surface area (Å²) in [6, 6.07) is 10.8. The third kappa shape index (κ3) is 4.52. The summed E-state index contributed by atoms with van der Waals surface area (Å²) < 4.78 is 6.94. The normalized spacial score (nSPS) is 11.8. The molecule has 0 aliphatic heterocycles. The monoisotopic (exact) mass is 426 g/mol. The van der Waals surface area contributed by atoms with Crippen molar-refractivity contribution in [2.75, 3.05) is 5.32 Å². The van der Waals surface area contributed by atoms with Crippen LogP contribution in [0.2, 0.25) is 5.02 Å². The Morgan fingerprint density at radius 2 is 1.77 bits per heavy atom. The molecule has 1 N–H and O–H groups in total. The number of aryl methyl sites for hydroxylation is 4. The molecule has 0 saturated heterocycles. The average molecular weight is 427 g/mol. The molecule has 1 unspecified atom stereocenters. The summed E-state index contributed by atoms with van der Waals surface area (Å²) in [5.41, 5.74) is 4.16. The fraction of sp³-hybridized carbons (Fsp3) is 0.273. The van der Waals surface area contributed by atoms with Crippen LogP contribution in [0.3, 0.4) is 0 Å². The number of nitrogens with zero attached hydrogens (tertiary/aromatic N) is 3. The lowest BCUT2D eigenvalue weighted by Crippen LogP contribution is -2.31. The second-order valence-corrected chi connectivity index (χ2v) is 7.55. The molecule has 156 valence electrons. The highest BCUT2D eigenvalue weighted by Gasteiger charge is 2.23. The Balaban J connectivity index is 1.77. The van der Waals surface area contributed by atoms with Crippen LogP contribution in [0.5, 0.6) is 0 Å². The summed E-state index contributed by atoms with van der Waals surface area (Å²) in [5, 5.41) is 7.30. The number of halogens is 1. The maximum atomic E-state index is 12.7. The number of rotatable bonds is 5. The predicted octanol–water partition coefficient (Wildman–Crippen LogP) is 4.34. The van der Waals surface area contributed by atoms with Gasteiger partial charge in [-0.3, -0.25) is 4.79 Å². The molecule has 8 heteroatoms. The summed E-state index contributed by atoms with van der Waals surface area (Å²) in [5.74, 6) is -0.788. The molecule has 3 aromatic rings. The standard InChI is InChI=1S/C22H23ClN4O3/c1-12-7-6-8-13(2)19(12)25-21(28)16(5)30-22(29)20-17(23)9-10-18(24-20)27-15(4)11-14(3)26-27/h6-11,16H,1-5H3,(H,25,28). The SMILES string of the molecule is Cc1cc(C)n(-c2ccc(Cl)c(C(=O)OC(C)C(=O)Nc3c(C)cccc3C)n2)n1. The molecule has 1 aromatic carbocycles. The van der Waals surface area contributed by atoms with Crippen molar-refractivity contribution in [3.05, 3.63) is 69.6 Å². The highest BCUT2D eigenvalue weighted by atomic mass is 35.5. The third-order valence-corrected chi connectivity index (χ3v) is 4.94. The number of nitrogens with one attached hydrogen (secondary N) is 1. The van der Waals surface area contributed by atoms with Crippen molar-refractivity contribution < 1.29 is 14.3 Å². The maximum Gasteiger partial charge on any atom is 0.359 e. The third-order valence-electron chi connectivity index (χ3n) is 4.63. The first-order valence-corrected chi connectivity index (χ1v) is 9.83. The van der Waals surface area contributed by atoms with Crippen molar-refractivity contribution in [3.8, 4) is 5.82 Å². The maximum absolute atomic E-state index is 12.7. The van der Waals surface area contributed by atoms with Crippen molar-refractivity contribution in [2.45, 2.75) is 40.7 Å². The Hall–Kier alpha value is -3.19. The summed E-state index contributed by atoms with van der Waals surface area (Å²) in [7, 11) is 0. The zero-order chi connectivity index (χ0) is 22.0. The molecule has 0 saturated carbocycles. The van der Waals surface area contributed by atoms with Gasteiger partial charge in [-0.05, 0) is 63.9 Å².